The minimum atomic E-state index is -3.37. The van der Waals surface area contributed by atoms with Crippen molar-refractivity contribution < 1.29 is 22.7 Å². The van der Waals surface area contributed by atoms with Gasteiger partial charge in [0, 0.05) is 19.6 Å². The Morgan fingerprint density at radius 3 is 2.56 bits per heavy atom. The standard InChI is InChI=1S/C20H29NO5S/c22-20(10-11-21-12-14-25-15-13-21)26-18-8-4-5-9-19(18)27(23,24)16-17-6-2-1-3-7-17/h1-3,6-7,18-19H,4-5,8-16H2/t18-,19-/m1/s1. The van der Waals surface area contributed by atoms with E-state index in [1.165, 1.54) is 0 Å². The average Bonchev–Trinajstić information content (AvgIpc) is 2.68. The SMILES string of the molecule is O=C(CCN1CCOCC1)O[C@@H]1CCCC[C@H]1S(=O)(=O)Cc1ccccc1. The van der Waals surface area contributed by atoms with Gasteiger partial charge in [-0.15, -0.1) is 0 Å². The maximum atomic E-state index is 12.9. The molecule has 1 heterocycles. The fraction of sp³-hybridized carbons (Fsp3) is 0.650. The number of carbonyl (C=O) groups excluding carboxylic acids is 1. The molecule has 0 bridgehead atoms. The fourth-order valence-electron chi connectivity index (χ4n) is 3.82. The normalized spacial score (nSPS) is 24.4. The van der Waals surface area contributed by atoms with Crippen LogP contribution in [0.15, 0.2) is 30.3 Å². The largest absolute Gasteiger partial charge is 0.461 e. The third-order valence-corrected chi connectivity index (χ3v) is 7.53. The zero-order chi connectivity index (χ0) is 19.1. The highest BCUT2D eigenvalue weighted by molar-refractivity contribution is 7.91. The van der Waals surface area contributed by atoms with Crippen LogP contribution in [0.4, 0.5) is 0 Å². The van der Waals surface area contributed by atoms with Gasteiger partial charge in [0.2, 0.25) is 0 Å². The monoisotopic (exact) mass is 395 g/mol. The molecule has 1 saturated heterocycles. The van der Waals surface area contributed by atoms with Gasteiger partial charge in [0.15, 0.2) is 9.84 Å². The number of sulfone groups is 1. The van der Waals surface area contributed by atoms with Crippen LogP contribution in [0.25, 0.3) is 0 Å². The number of benzene rings is 1. The number of ether oxygens (including phenoxy) is 2. The number of carbonyl (C=O) groups is 1. The van der Waals surface area contributed by atoms with Gasteiger partial charge in [0.05, 0.1) is 30.6 Å². The Hall–Kier alpha value is -1.44. The van der Waals surface area contributed by atoms with Gasteiger partial charge in [0.1, 0.15) is 6.10 Å². The van der Waals surface area contributed by atoms with E-state index in [-0.39, 0.29) is 11.7 Å². The quantitative estimate of drug-likeness (QED) is 0.659. The van der Waals surface area contributed by atoms with Gasteiger partial charge in [0.25, 0.3) is 0 Å². The molecule has 27 heavy (non-hydrogen) atoms. The topological polar surface area (TPSA) is 72.9 Å². The molecule has 0 amide bonds. The van der Waals surface area contributed by atoms with Crippen molar-refractivity contribution in [2.45, 2.75) is 49.2 Å². The lowest BCUT2D eigenvalue weighted by molar-refractivity contribution is -0.150. The van der Waals surface area contributed by atoms with Crippen LogP contribution in [0.5, 0.6) is 0 Å². The number of rotatable bonds is 7. The molecule has 150 valence electrons. The summed E-state index contributed by atoms with van der Waals surface area (Å²) in [4.78, 5) is 14.5. The Morgan fingerprint density at radius 1 is 1.11 bits per heavy atom. The van der Waals surface area contributed by atoms with E-state index in [1.54, 1.807) is 0 Å². The van der Waals surface area contributed by atoms with Crippen molar-refractivity contribution in [2.24, 2.45) is 0 Å². The lowest BCUT2D eigenvalue weighted by Crippen LogP contribution is -2.41. The molecule has 3 rings (SSSR count). The molecule has 0 radical (unpaired) electrons. The highest BCUT2D eigenvalue weighted by atomic mass is 32.2. The molecule has 0 spiro atoms. The molecule has 1 aliphatic heterocycles. The Kier molecular flexibility index (Phi) is 7.26. The molecule has 0 N–H and O–H groups in total. The lowest BCUT2D eigenvalue weighted by Gasteiger charge is -2.31. The Labute approximate surface area is 161 Å². The predicted octanol–water partition coefficient (Wildman–Crippen LogP) is 2.18. The van der Waals surface area contributed by atoms with Gasteiger partial charge in [-0.05, 0) is 24.8 Å². The van der Waals surface area contributed by atoms with Gasteiger partial charge >= 0.3 is 5.97 Å². The summed E-state index contributed by atoms with van der Waals surface area (Å²) in [5.74, 6) is -0.298. The molecule has 0 aromatic heterocycles. The van der Waals surface area contributed by atoms with Crippen molar-refractivity contribution in [1.82, 2.24) is 4.90 Å². The van der Waals surface area contributed by atoms with Gasteiger partial charge < -0.3 is 9.47 Å². The van der Waals surface area contributed by atoms with E-state index in [0.717, 1.165) is 31.5 Å². The molecule has 6 nitrogen and oxygen atoms in total. The summed E-state index contributed by atoms with van der Waals surface area (Å²) in [6, 6.07) is 9.20. The zero-order valence-electron chi connectivity index (χ0n) is 15.7. The second kappa shape index (κ2) is 9.66. The van der Waals surface area contributed by atoms with E-state index in [0.29, 0.717) is 39.0 Å². The number of hydrogen-bond acceptors (Lipinski definition) is 6. The van der Waals surface area contributed by atoms with Crippen LogP contribution in [0.2, 0.25) is 0 Å². The third-order valence-electron chi connectivity index (χ3n) is 5.33. The molecule has 1 aromatic rings. The third kappa shape index (κ3) is 6.02. The van der Waals surface area contributed by atoms with Gasteiger partial charge in [-0.3, -0.25) is 9.69 Å². The second-order valence-electron chi connectivity index (χ2n) is 7.35. The van der Waals surface area contributed by atoms with Crippen molar-refractivity contribution in [3.63, 3.8) is 0 Å². The summed E-state index contributed by atoms with van der Waals surface area (Å²) in [6.07, 6.45) is 2.73. The van der Waals surface area contributed by atoms with Gasteiger partial charge in [-0.25, -0.2) is 8.42 Å². The molecule has 1 saturated carbocycles. The molecule has 2 fully saturated rings. The van der Waals surface area contributed by atoms with Crippen molar-refractivity contribution in [3.8, 4) is 0 Å². The summed E-state index contributed by atoms with van der Waals surface area (Å²) in [5.41, 5.74) is 0.778. The van der Waals surface area contributed by atoms with Crippen molar-refractivity contribution in [3.05, 3.63) is 35.9 Å². The smallest absolute Gasteiger partial charge is 0.307 e. The van der Waals surface area contributed by atoms with E-state index >= 15 is 0 Å². The Bertz CT molecular complexity index is 700. The Balaban J connectivity index is 1.56. The molecule has 2 atom stereocenters. The Morgan fingerprint density at radius 2 is 1.81 bits per heavy atom. The summed E-state index contributed by atoms with van der Waals surface area (Å²) < 4.78 is 36.8. The molecular weight excluding hydrogens is 366 g/mol. The van der Waals surface area contributed by atoms with Crippen LogP contribution in [0.1, 0.15) is 37.7 Å². The van der Waals surface area contributed by atoms with Crippen molar-refractivity contribution in [1.29, 1.82) is 0 Å². The lowest BCUT2D eigenvalue weighted by atomic mass is 9.97. The van der Waals surface area contributed by atoms with Crippen LogP contribution < -0.4 is 0 Å². The maximum absolute atomic E-state index is 12.9. The number of hydrogen-bond donors (Lipinski definition) is 0. The van der Waals surface area contributed by atoms with Crippen LogP contribution in [-0.2, 0) is 29.9 Å². The summed E-state index contributed by atoms with van der Waals surface area (Å²) in [5, 5.41) is -0.598. The first-order valence-electron chi connectivity index (χ1n) is 9.80. The minimum absolute atomic E-state index is 0.000332. The zero-order valence-corrected chi connectivity index (χ0v) is 16.5. The highest BCUT2D eigenvalue weighted by Crippen LogP contribution is 2.29. The van der Waals surface area contributed by atoms with Gasteiger partial charge in [-0.2, -0.15) is 0 Å². The van der Waals surface area contributed by atoms with Crippen LogP contribution in [0.3, 0.4) is 0 Å². The summed E-state index contributed by atoms with van der Waals surface area (Å²) in [7, 11) is -3.37. The van der Waals surface area contributed by atoms with Crippen molar-refractivity contribution in [2.75, 3.05) is 32.8 Å². The highest BCUT2D eigenvalue weighted by Gasteiger charge is 2.37. The maximum Gasteiger partial charge on any atom is 0.307 e. The van der Waals surface area contributed by atoms with E-state index < -0.39 is 21.2 Å². The van der Waals surface area contributed by atoms with Crippen LogP contribution in [0, 0.1) is 0 Å². The average molecular weight is 396 g/mol. The number of nitrogens with zero attached hydrogens (tertiary/aromatic N) is 1. The summed E-state index contributed by atoms with van der Waals surface area (Å²) in [6.45, 7) is 3.67. The summed E-state index contributed by atoms with van der Waals surface area (Å²) >= 11 is 0. The molecule has 1 aliphatic carbocycles. The molecule has 1 aromatic carbocycles. The number of morpholine rings is 1. The first-order chi connectivity index (χ1) is 13.0. The first kappa shape index (κ1) is 20.3. The molecule has 0 unspecified atom stereocenters. The van der Waals surface area contributed by atoms with Crippen LogP contribution in [-0.4, -0.2) is 63.5 Å². The van der Waals surface area contributed by atoms with E-state index in [9.17, 15) is 13.2 Å². The van der Waals surface area contributed by atoms with Crippen LogP contribution >= 0.6 is 0 Å². The predicted molar refractivity (Wildman–Crippen MR) is 103 cm³/mol. The fourth-order valence-corrected chi connectivity index (χ4v) is 5.88. The first-order valence-corrected chi connectivity index (χ1v) is 11.5. The molecular formula is C20H29NO5S. The number of esters is 1. The van der Waals surface area contributed by atoms with E-state index in [1.807, 2.05) is 30.3 Å². The van der Waals surface area contributed by atoms with E-state index in [4.69, 9.17) is 9.47 Å². The molecule has 7 heteroatoms. The second-order valence-corrected chi connectivity index (χ2v) is 9.57. The van der Waals surface area contributed by atoms with E-state index in [2.05, 4.69) is 4.90 Å². The minimum Gasteiger partial charge on any atom is -0.461 e. The van der Waals surface area contributed by atoms with Gasteiger partial charge in [-0.1, -0.05) is 36.8 Å². The molecule has 2 aliphatic rings. The van der Waals surface area contributed by atoms with Crippen molar-refractivity contribution >= 4 is 15.8 Å².